The fourth-order valence-electron chi connectivity index (χ4n) is 3.93. The quantitative estimate of drug-likeness (QED) is 0.723. The average molecular weight is 433 g/mol. The third-order valence-corrected chi connectivity index (χ3v) is 8.05. The summed E-state index contributed by atoms with van der Waals surface area (Å²) in [5, 5.41) is 3.61. The summed E-state index contributed by atoms with van der Waals surface area (Å²) < 4.78 is 27.4. The summed E-state index contributed by atoms with van der Waals surface area (Å²) in [7, 11) is -3.78. The van der Waals surface area contributed by atoms with Crippen molar-refractivity contribution < 1.29 is 13.2 Å². The lowest BCUT2D eigenvalue weighted by Gasteiger charge is -2.32. The smallest absolute Gasteiger partial charge is 0.244 e. The number of benzene rings is 1. The van der Waals surface area contributed by atoms with Gasteiger partial charge in [0, 0.05) is 24.2 Å². The molecule has 1 aliphatic heterocycles. The highest BCUT2D eigenvalue weighted by Crippen LogP contribution is 2.30. The minimum Gasteiger partial charge on any atom is -0.353 e. The summed E-state index contributed by atoms with van der Waals surface area (Å²) in [6, 6.07) is 4.63. The zero-order valence-electron chi connectivity index (χ0n) is 15.3. The lowest BCUT2D eigenvalue weighted by molar-refractivity contribution is -0.126. The SMILES string of the molecule is O=C(NC1CCCCCC1)[C@H]1CCCN(S(=O)(=O)c2cc(Cl)ccc2Cl)C1. The molecule has 150 valence electrons. The van der Waals surface area contributed by atoms with Crippen LogP contribution in [0.25, 0.3) is 0 Å². The molecule has 0 aromatic heterocycles. The van der Waals surface area contributed by atoms with Crippen LogP contribution in [0.4, 0.5) is 0 Å². The first-order valence-electron chi connectivity index (χ1n) is 9.63. The molecule has 1 amide bonds. The summed E-state index contributed by atoms with van der Waals surface area (Å²) in [6.07, 6.45) is 8.11. The molecule has 0 radical (unpaired) electrons. The van der Waals surface area contributed by atoms with Gasteiger partial charge in [-0.25, -0.2) is 8.42 Å². The highest BCUT2D eigenvalue weighted by Gasteiger charge is 2.35. The molecular formula is C19H26Cl2N2O3S. The van der Waals surface area contributed by atoms with Gasteiger partial charge in [0.1, 0.15) is 4.90 Å². The van der Waals surface area contributed by atoms with E-state index in [1.807, 2.05) is 0 Å². The normalized spacial score (nSPS) is 23.0. The molecular weight excluding hydrogens is 407 g/mol. The minimum atomic E-state index is -3.78. The molecule has 5 nitrogen and oxygen atoms in total. The summed E-state index contributed by atoms with van der Waals surface area (Å²) in [5.41, 5.74) is 0. The van der Waals surface area contributed by atoms with Gasteiger partial charge < -0.3 is 5.32 Å². The van der Waals surface area contributed by atoms with Crippen LogP contribution in [0, 0.1) is 5.92 Å². The zero-order chi connectivity index (χ0) is 19.4. The minimum absolute atomic E-state index is 0.00138. The van der Waals surface area contributed by atoms with Crippen LogP contribution in [-0.2, 0) is 14.8 Å². The fraction of sp³-hybridized carbons (Fsp3) is 0.632. The molecule has 1 atom stereocenters. The van der Waals surface area contributed by atoms with E-state index < -0.39 is 10.0 Å². The van der Waals surface area contributed by atoms with Gasteiger partial charge in [-0.3, -0.25) is 4.79 Å². The maximum absolute atomic E-state index is 13.0. The van der Waals surface area contributed by atoms with Crippen LogP contribution in [0.3, 0.4) is 0 Å². The molecule has 8 heteroatoms. The number of nitrogens with one attached hydrogen (secondary N) is 1. The van der Waals surface area contributed by atoms with E-state index >= 15 is 0 Å². The predicted octanol–water partition coefficient (Wildman–Crippen LogP) is 4.23. The lowest BCUT2D eigenvalue weighted by Crippen LogP contribution is -2.47. The third-order valence-electron chi connectivity index (χ3n) is 5.47. The monoisotopic (exact) mass is 432 g/mol. The molecule has 2 fully saturated rings. The molecule has 1 aliphatic carbocycles. The Kier molecular flexibility index (Phi) is 7.06. The summed E-state index contributed by atoms with van der Waals surface area (Å²) in [6.45, 7) is 0.572. The van der Waals surface area contributed by atoms with Crippen molar-refractivity contribution in [3.8, 4) is 0 Å². The van der Waals surface area contributed by atoms with Crippen molar-refractivity contribution >= 4 is 39.1 Å². The van der Waals surface area contributed by atoms with Gasteiger partial charge in [-0.1, -0.05) is 48.9 Å². The first-order chi connectivity index (χ1) is 12.9. The topological polar surface area (TPSA) is 66.5 Å². The van der Waals surface area contributed by atoms with Gasteiger partial charge in [-0.15, -0.1) is 0 Å². The van der Waals surface area contributed by atoms with Crippen molar-refractivity contribution in [3.05, 3.63) is 28.2 Å². The maximum atomic E-state index is 13.0. The summed E-state index contributed by atoms with van der Waals surface area (Å²) in [5.74, 6) is -0.353. The second kappa shape index (κ2) is 9.12. The molecule has 2 aliphatic rings. The van der Waals surface area contributed by atoms with Crippen LogP contribution in [0.2, 0.25) is 10.0 Å². The van der Waals surface area contributed by atoms with E-state index in [0.29, 0.717) is 24.4 Å². The molecule has 0 spiro atoms. The Labute approximate surface area is 171 Å². The van der Waals surface area contributed by atoms with E-state index in [-0.39, 0.29) is 34.3 Å². The largest absolute Gasteiger partial charge is 0.353 e. The van der Waals surface area contributed by atoms with Crippen molar-refractivity contribution in [1.29, 1.82) is 0 Å². The van der Waals surface area contributed by atoms with E-state index in [4.69, 9.17) is 23.2 Å². The number of carbonyl (C=O) groups is 1. The van der Waals surface area contributed by atoms with E-state index in [1.165, 1.54) is 29.3 Å². The number of halogens is 2. The van der Waals surface area contributed by atoms with E-state index in [2.05, 4.69) is 5.32 Å². The van der Waals surface area contributed by atoms with Gasteiger partial charge in [0.25, 0.3) is 0 Å². The van der Waals surface area contributed by atoms with Crippen LogP contribution in [0.15, 0.2) is 23.1 Å². The highest BCUT2D eigenvalue weighted by molar-refractivity contribution is 7.89. The van der Waals surface area contributed by atoms with Crippen LogP contribution in [-0.4, -0.2) is 37.8 Å². The number of piperidine rings is 1. The Balaban J connectivity index is 1.69. The summed E-state index contributed by atoms with van der Waals surface area (Å²) in [4.78, 5) is 12.7. The Morgan fingerprint density at radius 2 is 1.74 bits per heavy atom. The van der Waals surface area contributed by atoms with Crippen LogP contribution < -0.4 is 5.32 Å². The second-order valence-corrected chi connectivity index (χ2v) is 10.2. The van der Waals surface area contributed by atoms with Crippen LogP contribution in [0.1, 0.15) is 51.4 Å². The summed E-state index contributed by atoms with van der Waals surface area (Å²) >= 11 is 12.1. The number of rotatable bonds is 4. The fourth-order valence-corrected chi connectivity index (χ4v) is 6.19. The van der Waals surface area contributed by atoms with Crippen LogP contribution in [0.5, 0.6) is 0 Å². The number of carbonyl (C=O) groups excluding carboxylic acids is 1. The van der Waals surface area contributed by atoms with Crippen molar-refractivity contribution in [2.75, 3.05) is 13.1 Å². The Hall–Kier alpha value is -0.820. The third kappa shape index (κ3) is 5.17. The molecule has 1 saturated carbocycles. The van der Waals surface area contributed by atoms with Crippen molar-refractivity contribution in [3.63, 3.8) is 0 Å². The van der Waals surface area contributed by atoms with Gasteiger partial charge in [0.05, 0.1) is 10.9 Å². The van der Waals surface area contributed by atoms with Crippen molar-refractivity contribution in [2.24, 2.45) is 5.92 Å². The molecule has 1 heterocycles. The number of hydrogen-bond donors (Lipinski definition) is 1. The molecule has 0 bridgehead atoms. The predicted molar refractivity (Wildman–Crippen MR) is 108 cm³/mol. The maximum Gasteiger partial charge on any atom is 0.244 e. The molecule has 1 saturated heterocycles. The first kappa shape index (κ1) is 20.9. The van der Waals surface area contributed by atoms with E-state index in [0.717, 1.165) is 25.7 Å². The second-order valence-electron chi connectivity index (χ2n) is 7.47. The van der Waals surface area contributed by atoms with Gasteiger partial charge in [0.2, 0.25) is 15.9 Å². The van der Waals surface area contributed by atoms with Crippen molar-refractivity contribution in [1.82, 2.24) is 9.62 Å². The molecule has 3 rings (SSSR count). The number of amides is 1. The highest BCUT2D eigenvalue weighted by atomic mass is 35.5. The number of nitrogens with zero attached hydrogens (tertiary/aromatic N) is 1. The molecule has 1 N–H and O–H groups in total. The Morgan fingerprint density at radius 3 is 2.44 bits per heavy atom. The average Bonchev–Trinajstić information content (AvgIpc) is 2.92. The standard InChI is InChI=1S/C19H26Cl2N2O3S/c20-15-9-10-17(21)18(12-15)27(25,26)23-11-5-6-14(13-23)19(24)22-16-7-3-1-2-4-8-16/h9-10,12,14,16H,1-8,11,13H2,(H,22,24)/t14-/m0/s1. The van der Waals surface area contributed by atoms with Gasteiger partial charge in [0.15, 0.2) is 0 Å². The Morgan fingerprint density at radius 1 is 1.04 bits per heavy atom. The molecule has 0 unspecified atom stereocenters. The Bertz CT molecular complexity index is 777. The van der Waals surface area contributed by atoms with E-state index in [1.54, 1.807) is 6.07 Å². The molecule has 27 heavy (non-hydrogen) atoms. The number of hydrogen-bond acceptors (Lipinski definition) is 3. The van der Waals surface area contributed by atoms with Gasteiger partial charge in [-0.05, 0) is 43.9 Å². The van der Waals surface area contributed by atoms with E-state index in [9.17, 15) is 13.2 Å². The first-order valence-corrected chi connectivity index (χ1v) is 11.8. The van der Waals surface area contributed by atoms with Crippen LogP contribution >= 0.6 is 23.2 Å². The van der Waals surface area contributed by atoms with Crippen molar-refractivity contribution in [2.45, 2.75) is 62.3 Å². The zero-order valence-corrected chi connectivity index (χ0v) is 17.6. The number of sulfonamides is 1. The van der Waals surface area contributed by atoms with Gasteiger partial charge >= 0.3 is 0 Å². The molecule has 1 aromatic carbocycles. The van der Waals surface area contributed by atoms with Gasteiger partial charge in [-0.2, -0.15) is 4.31 Å². The lowest BCUT2D eigenvalue weighted by atomic mass is 9.97. The molecule has 1 aromatic rings.